The van der Waals surface area contributed by atoms with E-state index in [0.717, 1.165) is 29.0 Å². The minimum absolute atomic E-state index is 0.0517. The van der Waals surface area contributed by atoms with Crippen molar-refractivity contribution in [2.75, 3.05) is 0 Å². The van der Waals surface area contributed by atoms with E-state index < -0.39 is 0 Å². The van der Waals surface area contributed by atoms with E-state index >= 15 is 0 Å². The SMILES string of the molecule is CC[C@@H](Oc1cccc(C)c1)c1nc2ccccc2[nH]1. The van der Waals surface area contributed by atoms with Gasteiger partial charge in [0.1, 0.15) is 11.6 Å². The summed E-state index contributed by atoms with van der Waals surface area (Å²) in [5, 5.41) is 0. The molecule has 1 aromatic heterocycles. The molecule has 0 saturated heterocycles. The first-order valence-corrected chi connectivity index (χ1v) is 6.94. The molecule has 0 aliphatic carbocycles. The number of ether oxygens (including phenoxy) is 1. The van der Waals surface area contributed by atoms with E-state index in [0.29, 0.717) is 0 Å². The van der Waals surface area contributed by atoms with Gasteiger partial charge in [-0.25, -0.2) is 4.98 Å². The van der Waals surface area contributed by atoms with Crippen molar-refractivity contribution in [2.24, 2.45) is 0 Å². The van der Waals surface area contributed by atoms with Crippen molar-refractivity contribution in [1.82, 2.24) is 9.97 Å². The molecule has 3 rings (SSSR count). The van der Waals surface area contributed by atoms with Gasteiger partial charge in [-0.2, -0.15) is 0 Å². The summed E-state index contributed by atoms with van der Waals surface area (Å²) in [6, 6.07) is 16.1. The van der Waals surface area contributed by atoms with E-state index in [1.165, 1.54) is 5.56 Å². The standard InChI is InChI=1S/C17H18N2O/c1-3-16(20-13-8-6-7-12(2)11-13)17-18-14-9-4-5-10-15(14)19-17/h4-11,16H,3H2,1-2H3,(H,18,19)/t16-/m1/s1. The monoisotopic (exact) mass is 266 g/mol. The Morgan fingerprint density at radius 2 is 2.00 bits per heavy atom. The Hall–Kier alpha value is -2.29. The number of rotatable bonds is 4. The molecule has 1 N–H and O–H groups in total. The van der Waals surface area contributed by atoms with Crippen molar-refractivity contribution < 1.29 is 4.74 Å². The van der Waals surface area contributed by atoms with Crippen molar-refractivity contribution in [3.8, 4) is 5.75 Å². The molecule has 0 bridgehead atoms. The van der Waals surface area contributed by atoms with Crippen molar-refractivity contribution in [2.45, 2.75) is 26.4 Å². The highest BCUT2D eigenvalue weighted by atomic mass is 16.5. The van der Waals surface area contributed by atoms with Crippen molar-refractivity contribution in [3.05, 3.63) is 59.9 Å². The lowest BCUT2D eigenvalue weighted by molar-refractivity contribution is 0.192. The maximum absolute atomic E-state index is 6.07. The third kappa shape index (κ3) is 2.52. The van der Waals surface area contributed by atoms with E-state index in [9.17, 15) is 0 Å². The van der Waals surface area contributed by atoms with Crippen LogP contribution in [0.3, 0.4) is 0 Å². The number of H-pyrrole nitrogens is 1. The molecule has 1 heterocycles. The number of nitrogens with one attached hydrogen (secondary N) is 1. The van der Waals surface area contributed by atoms with Gasteiger partial charge in [0.05, 0.1) is 11.0 Å². The second-order valence-corrected chi connectivity index (χ2v) is 4.97. The predicted octanol–water partition coefficient (Wildman–Crippen LogP) is 4.40. The van der Waals surface area contributed by atoms with Gasteiger partial charge < -0.3 is 9.72 Å². The van der Waals surface area contributed by atoms with Crippen molar-refractivity contribution in [3.63, 3.8) is 0 Å². The van der Waals surface area contributed by atoms with E-state index in [2.05, 4.69) is 29.9 Å². The maximum atomic E-state index is 6.07. The maximum Gasteiger partial charge on any atom is 0.156 e. The van der Waals surface area contributed by atoms with Gasteiger partial charge >= 0.3 is 0 Å². The first-order valence-electron chi connectivity index (χ1n) is 6.94. The van der Waals surface area contributed by atoms with Crippen LogP contribution in [0.25, 0.3) is 11.0 Å². The highest BCUT2D eigenvalue weighted by Gasteiger charge is 2.15. The van der Waals surface area contributed by atoms with Crippen LogP contribution in [0.1, 0.15) is 30.8 Å². The summed E-state index contributed by atoms with van der Waals surface area (Å²) in [5.74, 6) is 1.77. The number of hydrogen-bond donors (Lipinski definition) is 1. The Labute approximate surface area is 118 Å². The van der Waals surface area contributed by atoms with Gasteiger partial charge in [-0.3, -0.25) is 0 Å². The molecule has 3 nitrogen and oxygen atoms in total. The zero-order valence-electron chi connectivity index (χ0n) is 11.8. The van der Waals surface area contributed by atoms with Crippen LogP contribution in [-0.4, -0.2) is 9.97 Å². The molecule has 3 aromatic rings. The Bertz CT molecular complexity index is 685. The molecular weight excluding hydrogens is 248 g/mol. The number of aryl methyl sites for hydroxylation is 1. The molecular formula is C17H18N2O. The summed E-state index contributed by atoms with van der Waals surface area (Å²) >= 11 is 0. The summed E-state index contributed by atoms with van der Waals surface area (Å²) in [6.07, 6.45) is 0.817. The van der Waals surface area contributed by atoms with Crippen LogP contribution in [0.2, 0.25) is 0 Å². The van der Waals surface area contributed by atoms with E-state index in [1.807, 2.05) is 42.5 Å². The van der Waals surface area contributed by atoms with Crippen LogP contribution in [0.4, 0.5) is 0 Å². The van der Waals surface area contributed by atoms with Crippen LogP contribution in [-0.2, 0) is 0 Å². The molecule has 0 aliphatic rings. The number of benzene rings is 2. The van der Waals surface area contributed by atoms with Crippen molar-refractivity contribution >= 4 is 11.0 Å². The van der Waals surface area contributed by atoms with Crippen LogP contribution in [0.5, 0.6) is 5.75 Å². The van der Waals surface area contributed by atoms with Crippen LogP contribution in [0, 0.1) is 6.92 Å². The summed E-state index contributed by atoms with van der Waals surface area (Å²) in [5.41, 5.74) is 3.23. The Morgan fingerprint density at radius 1 is 1.15 bits per heavy atom. The van der Waals surface area contributed by atoms with Gasteiger partial charge in [0, 0.05) is 0 Å². The number of imidazole rings is 1. The van der Waals surface area contributed by atoms with Gasteiger partial charge in [-0.1, -0.05) is 31.2 Å². The van der Waals surface area contributed by atoms with E-state index in [1.54, 1.807) is 0 Å². The summed E-state index contributed by atoms with van der Waals surface area (Å²) in [6.45, 7) is 4.17. The summed E-state index contributed by atoms with van der Waals surface area (Å²) in [7, 11) is 0. The number of aromatic nitrogens is 2. The Morgan fingerprint density at radius 3 is 2.75 bits per heavy atom. The summed E-state index contributed by atoms with van der Waals surface area (Å²) < 4.78 is 6.07. The molecule has 0 amide bonds. The third-order valence-electron chi connectivity index (χ3n) is 3.35. The lowest BCUT2D eigenvalue weighted by Crippen LogP contribution is -2.08. The first-order chi connectivity index (χ1) is 9.76. The summed E-state index contributed by atoms with van der Waals surface area (Å²) in [4.78, 5) is 7.97. The van der Waals surface area contributed by atoms with Gasteiger partial charge in [-0.05, 0) is 43.2 Å². The largest absolute Gasteiger partial charge is 0.483 e. The Kier molecular flexibility index (Phi) is 3.42. The lowest BCUT2D eigenvalue weighted by atomic mass is 10.2. The van der Waals surface area contributed by atoms with E-state index in [-0.39, 0.29) is 6.10 Å². The van der Waals surface area contributed by atoms with Gasteiger partial charge in [0.25, 0.3) is 0 Å². The normalized spacial score (nSPS) is 12.5. The zero-order valence-corrected chi connectivity index (χ0v) is 11.8. The number of fused-ring (bicyclic) bond motifs is 1. The molecule has 0 spiro atoms. The number of para-hydroxylation sites is 2. The fraction of sp³-hybridized carbons (Fsp3) is 0.235. The van der Waals surface area contributed by atoms with E-state index in [4.69, 9.17) is 4.74 Å². The minimum atomic E-state index is -0.0517. The minimum Gasteiger partial charge on any atom is -0.483 e. The quantitative estimate of drug-likeness (QED) is 0.760. The molecule has 102 valence electrons. The topological polar surface area (TPSA) is 37.9 Å². The van der Waals surface area contributed by atoms with Gasteiger partial charge in [0.2, 0.25) is 0 Å². The molecule has 20 heavy (non-hydrogen) atoms. The highest BCUT2D eigenvalue weighted by Crippen LogP contribution is 2.25. The van der Waals surface area contributed by atoms with Crippen molar-refractivity contribution in [1.29, 1.82) is 0 Å². The number of aromatic amines is 1. The van der Waals surface area contributed by atoms with Gasteiger partial charge in [0.15, 0.2) is 6.10 Å². The Balaban J connectivity index is 1.89. The molecule has 0 fully saturated rings. The highest BCUT2D eigenvalue weighted by molar-refractivity contribution is 5.74. The molecule has 0 saturated carbocycles. The average Bonchev–Trinajstić information content (AvgIpc) is 2.88. The fourth-order valence-corrected chi connectivity index (χ4v) is 2.31. The lowest BCUT2D eigenvalue weighted by Gasteiger charge is -2.15. The fourth-order valence-electron chi connectivity index (χ4n) is 2.31. The van der Waals surface area contributed by atoms with Crippen LogP contribution < -0.4 is 4.74 Å². The zero-order chi connectivity index (χ0) is 13.9. The predicted molar refractivity (Wildman–Crippen MR) is 80.9 cm³/mol. The number of hydrogen-bond acceptors (Lipinski definition) is 2. The molecule has 3 heteroatoms. The molecule has 0 unspecified atom stereocenters. The van der Waals surface area contributed by atoms with Crippen LogP contribution in [0.15, 0.2) is 48.5 Å². The van der Waals surface area contributed by atoms with Crippen LogP contribution >= 0.6 is 0 Å². The molecule has 1 atom stereocenters. The van der Waals surface area contributed by atoms with Gasteiger partial charge in [-0.15, -0.1) is 0 Å². The molecule has 2 aromatic carbocycles. The smallest absolute Gasteiger partial charge is 0.156 e. The average molecular weight is 266 g/mol. The second-order valence-electron chi connectivity index (χ2n) is 4.97. The second kappa shape index (κ2) is 5.37. The molecule has 0 radical (unpaired) electrons. The third-order valence-corrected chi connectivity index (χ3v) is 3.35. The number of nitrogens with zero attached hydrogens (tertiary/aromatic N) is 1. The molecule has 0 aliphatic heterocycles. The first kappa shape index (κ1) is 12.7.